The number of hydrogen-bond donors (Lipinski definition) is 1. The van der Waals surface area contributed by atoms with Crippen LogP contribution in [-0.2, 0) is 19.0 Å². The van der Waals surface area contributed by atoms with Gasteiger partial charge >= 0.3 is 5.97 Å². The summed E-state index contributed by atoms with van der Waals surface area (Å²) < 4.78 is 53.2. The van der Waals surface area contributed by atoms with Crippen LogP contribution in [-0.4, -0.2) is 62.9 Å². The van der Waals surface area contributed by atoms with Gasteiger partial charge in [-0.05, 0) is 76.9 Å². The monoisotopic (exact) mass is 654 g/mol. The molecule has 0 saturated heterocycles. The van der Waals surface area contributed by atoms with E-state index in [4.69, 9.17) is 28.8 Å². The molecule has 0 aliphatic heterocycles. The Kier molecular flexibility index (Phi) is 16.6. The largest absolute Gasteiger partial charge is 0.493 e. The third-order valence-electron chi connectivity index (χ3n) is 4.06. The molecule has 1 N–H and O–H groups in total. The highest BCUT2D eigenvalue weighted by molar-refractivity contribution is 9.10. The van der Waals surface area contributed by atoms with Gasteiger partial charge in [0, 0.05) is 31.6 Å². The molecule has 0 aliphatic carbocycles. The summed E-state index contributed by atoms with van der Waals surface area (Å²) in [6.45, 7) is 7.44. The van der Waals surface area contributed by atoms with E-state index in [2.05, 4.69) is 31.9 Å². The zero-order chi connectivity index (χ0) is 27.7. The number of carbonyl (C=O) groups is 1. The number of benzene rings is 2. The van der Waals surface area contributed by atoms with Crippen LogP contribution in [0.15, 0.2) is 45.3 Å². The molecule has 0 atom stereocenters. The van der Waals surface area contributed by atoms with Crippen molar-refractivity contribution in [2.75, 3.05) is 46.2 Å². The second kappa shape index (κ2) is 18.5. The van der Waals surface area contributed by atoms with Crippen molar-refractivity contribution in [1.82, 2.24) is 0 Å². The molecule has 11 heteroatoms. The van der Waals surface area contributed by atoms with E-state index in [1.54, 1.807) is 45.0 Å². The summed E-state index contributed by atoms with van der Waals surface area (Å²) in [5, 5.41) is 8.45. The van der Waals surface area contributed by atoms with Crippen LogP contribution >= 0.6 is 31.9 Å². The molecule has 7 nitrogen and oxygen atoms in total. The van der Waals surface area contributed by atoms with Gasteiger partial charge in [-0.3, -0.25) is 0 Å². The van der Waals surface area contributed by atoms with Crippen molar-refractivity contribution >= 4 is 37.8 Å². The molecule has 2 rings (SSSR count). The zero-order valence-corrected chi connectivity index (χ0v) is 24.4. The zero-order valence-electron chi connectivity index (χ0n) is 21.2. The molecule has 0 spiro atoms. The van der Waals surface area contributed by atoms with Crippen molar-refractivity contribution in [2.24, 2.45) is 0 Å². The van der Waals surface area contributed by atoms with Crippen molar-refractivity contribution in [3.05, 3.63) is 57.0 Å². The molecule has 0 heterocycles. The molecular formula is C26H34Br2F2O7. The fourth-order valence-electron chi connectivity index (χ4n) is 2.53. The molecule has 0 aromatic heterocycles. The van der Waals surface area contributed by atoms with Gasteiger partial charge in [-0.2, -0.15) is 0 Å². The maximum atomic E-state index is 13.2. The highest BCUT2D eigenvalue weighted by Gasteiger charge is 2.15. The number of hydrogen-bond acceptors (Lipinski definition) is 7. The van der Waals surface area contributed by atoms with E-state index < -0.39 is 11.6 Å². The fourth-order valence-corrected chi connectivity index (χ4v) is 3.02. The highest BCUT2D eigenvalue weighted by atomic mass is 79.9. The van der Waals surface area contributed by atoms with Crippen LogP contribution in [0.2, 0.25) is 0 Å². The summed E-state index contributed by atoms with van der Waals surface area (Å²) in [6, 6.07) is 9.21. The molecule has 0 amide bonds. The molecule has 2 aromatic carbocycles. The Morgan fingerprint density at radius 1 is 0.811 bits per heavy atom. The SMILES string of the molecule is CC(C)(C)OC(=O)COCCCOc1ccc(Br)c(F)c1.OCCOCCCOc1ccc(Br)c(F)c1. The van der Waals surface area contributed by atoms with Gasteiger partial charge < -0.3 is 28.8 Å². The van der Waals surface area contributed by atoms with Gasteiger partial charge in [0.2, 0.25) is 0 Å². The second-order valence-electron chi connectivity index (χ2n) is 8.53. The Labute approximate surface area is 233 Å². The predicted molar refractivity (Wildman–Crippen MR) is 143 cm³/mol. The number of aliphatic hydroxyl groups excluding tert-OH is 1. The van der Waals surface area contributed by atoms with Crippen LogP contribution in [0.1, 0.15) is 33.6 Å². The fraction of sp³-hybridized carbons (Fsp3) is 0.500. The van der Waals surface area contributed by atoms with Gasteiger partial charge in [0.25, 0.3) is 0 Å². The molecule has 0 aliphatic rings. The van der Waals surface area contributed by atoms with E-state index in [0.717, 1.165) is 0 Å². The number of aliphatic hydroxyl groups is 1. The normalized spacial score (nSPS) is 10.9. The van der Waals surface area contributed by atoms with Crippen molar-refractivity contribution in [1.29, 1.82) is 0 Å². The summed E-state index contributed by atoms with van der Waals surface area (Å²) in [5.41, 5.74) is -0.505. The lowest BCUT2D eigenvalue weighted by atomic mass is 10.2. The molecule has 37 heavy (non-hydrogen) atoms. The Bertz CT molecular complexity index is 940. The van der Waals surface area contributed by atoms with E-state index in [9.17, 15) is 13.6 Å². The molecule has 0 saturated carbocycles. The topological polar surface area (TPSA) is 83.5 Å². The maximum Gasteiger partial charge on any atom is 0.332 e. The van der Waals surface area contributed by atoms with Gasteiger partial charge in [0.05, 0.1) is 42.0 Å². The minimum absolute atomic E-state index is 0.0266. The van der Waals surface area contributed by atoms with Crippen LogP contribution in [0.25, 0.3) is 0 Å². The maximum absolute atomic E-state index is 13.2. The van der Waals surface area contributed by atoms with Crippen molar-refractivity contribution < 1.29 is 42.4 Å². The summed E-state index contributed by atoms with van der Waals surface area (Å²) >= 11 is 6.14. The molecule has 0 unspecified atom stereocenters. The lowest BCUT2D eigenvalue weighted by Gasteiger charge is -2.19. The Morgan fingerprint density at radius 3 is 1.73 bits per heavy atom. The highest BCUT2D eigenvalue weighted by Crippen LogP contribution is 2.21. The van der Waals surface area contributed by atoms with Gasteiger partial charge in [-0.15, -0.1) is 0 Å². The van der Waals surface area contributed by atoms with E-state index in [-0.39, 0.29) is 24.8 Å². The number of carbonyl (C=O) groups excluding carboxylic acids is 1. The third kappa shape index (κ3) is 16.6. The quantitative estimate of drug-likeness (QED) is 0.195. The summed E-state index contributed by atoms with van der Waals surface area (Å²) in [6.07, 6.45) is 1.30. The number of ether oxygens (including phenoxy) is 5. The first kappa shape index (κ1) is 33.2. The van der Waals surface area contributed by atoms with E-state index in [0.29, 0.717) is 66.3 Å². The number of esters is 1. The molecular weight excluding hydrogens is 622 g/mol. The first-order chi connectivity index (χ1) is 17.5. The lowest BCUT2D eigenvalue weighted by molar-refractivity contribution is -0.160. The van der Waals surface area contributed by atoms with Gasteiger partial charge in [0.15, 0.2) is 0 Å². The summed E-state index contributed by atoms with van der Waals surface area (Å²) in [5.74, 6) is -0.133. The number of halogens is 4. The van der Waals surface area contributed by atoms with Gasteiger partial charge in [-0.1, -0.05) is 0 Å². The second-order valence-corrected chi connectivity index (χ2v) is 10.2. The van der Waals surface area contributed by atoms with Crippen LogP contribution in [0.4, 0.5) is 8.78 Å². The van der Waals surface area contributed by atoms with Gasteiger partial charge in [-0.25, -0.2) is 13.6 Å². The Morgan fingerprint density at radius 2 is 1.30 bits per heavy atom. The minimum Gasteiger partial charge on any atom is -0.493 e. The van der Waals surface area contributed by atoms with Crippen molar-refractivity contribution in [3.8, 4) is 11.5 Å². The summed E-state index contributed by atoms with van der Waals surface area (Å²) in [7, 11) is 0. The van der Waals surface area contributed by atoms with Crippen LogP contribution in [0.3, 0.4) is 0 Å². The predicted octanol–water partition coefficient (Wildman–Crippen LogP) is 6.08. The summed E-state index contributed by atoms with van der Waals surface area (Å²) in [4.78, 5) is 11.4. The average Bonchev–Trinajstić information content (AvgIpc) is 2.82. The third-order valence-corrected chi connectivity index (χ3v) is 5.35. The lowest BCUT2D eigenvalue weighted by Crippen LogP contribution is -2.26. The van der Waals surface area contributed by atoms with Crippen molar-refractivity contribution in [2.45, 2.75) is 39.2 Å². The van der Waals surface area contributed by atoms with Gasteiger partial charge in [0.1, 0.15) is 35.3 Å². The van der Waals surface area contributed by atoms with Crippen LogP contribution in [0, 0.1) is 11.6 Å². The molecule has 0 radical (unpaired) electrons. The van der Waals surface area contributed by atoms with Crippen LogP contribution < -0.4 is 9.47 Å². The Balaban J connectivity index is 0.000000384. The standard InChI is InChI=1S/C15H20BrFO4.C11H14BrFO3/c1-15(2,3)21-14(18)10-19-7-4-8-20-11-5-6-12(16)13(17)9-11;12-10-3-2-9(8-11(10)13)16-6-1-5-15-7-4-14/h5-6,9H,4,7-8,10H2,1-3H3;2-3,8,14H,1,4-7H2. The Hall–Kier alpha value is -1.79. The molecule has 208 valence electrons. The molecule has 0 bridgehead atoms. The van der Waals surface area contributed by atoms with E-state index in [1.807, 2.05) is 0 Å². The first-order valence-corrected chi connectivity index (χ1v) is 13.2. The minimum atomic E-state index is -0.505. The molecule has 0 fully saturated rings. The van der Waals surface area contributed by atoms with E-state index in [1.165, 1.54) is 12.1 Å². The number of rotatable bonds is 14. The molecule has 2 aromatic rings. The van der Waals surface area contributed by atoms with Crippen molar-refractivity contribution in [3.63, 3.8) is 0 Å². The van der Waals surface area contributed by atoms with Crippen LogP contribution in [0.5, 0.6) is 11.5 Å². The average molecular weight is 656 g/mol. The first-order valence-electron chi connectivity index (χ1n) is 11.7. The smallest absolute Gasteiger partial charge is 0.332 e. The van der Waals surface area contributed by atoms with E-state index >= 15 is 0 Å².